The summed E-state index contributed by atoms with van der Waals surface area (Å²) >= 11 is 1.73. The monoisotopic (exact) mass is 399 g/mol. The van der Waals surface area contributed by atoms with Crippen molar-refractivity contribution in [2.75, 3.05) is 20.6 Å². The first kappa shape index (κ1) is 20.6. The molecule has 0 saturated heterocycles. The molecule has 2 heterocycles. The highest BCUT2D eigenvalue weighted by Crippen LogP contribution is 2.41. The zero-order chi connectivity index (χ0) is 20.3. The van der Waals surface area contributed by atoms with Crippen LogP contribution in [0.4, 0.5) is 0 Å². The van der Waals surface area contributed by atoms with Gasteiger partial charge in [0.05, 0.1) is 6.42 Å². The molecule has 0 bridgehead atoms. The fourth-order valence-electron chi connectivity index (χ4n) is 3.14. The molecule has 4 nitrogen and oxygen atoms in total. The maximum Gasteiger partial charge on any atom is 0.311 e. The molecule has 0 radical (unpaired) electrons. The Hall–Kier alpha value is -2.11. The Morgan fingerprint density at radius 3 is 2.79 bits per heavy atom. The van der Waals surface area contributed by atoms with Crippen molar-refractivity contribution in [2.24, 2.45) is 5.41 Å². The Morgan fingerprint density at radius 2 is 2.07 bits per heavy atom. The second-order valence-corrected chi connectivity index (χ2v) is 9.56. The summed E-state index contributed by atoms with van der Waals surface area (Å²) in [5.74, 6) is 1.18. The van der Waals surface area contributed by atoms with Crippen LogP contribution in [0.25, 0.3) is 5.57 Å². The smallest absolute Gasteiger partial charge is 0.311 e. The average Bonchev–Trinajstić information content (AvgIpc) is 2.98. The van der Waals surface area contributed by atoms with Crippen molar-refractivity contribution >= 4 is 22.9 Å². The minimum atomic E-state index is -0.211. The highest BCUT2D eigenvalue weighted by molar-refractivity contribution is 7.11. The third-order valence-corrected chi connectivity index (χ3v) is 5.44. The normalized spacial score (nSPS) is 15.0. The van der Waals surface area contributed by atoms with Crippen LogP contribution in [0, 0.1) is 5.41 Å². The van der Waals surface area contributed by atoms with Crippen LogP contribution in [-0.2, 0) is 11.4 Å². The molecule has 5 heteroatoms. The minimum absolute atomic E-state index is 0.102. The lowest BCUT2D eigenvalue weighted by Gasteiger charge is -2.17. The van der Waals surface area contributed by atoms with E-state index in [4.69, 9.17) is 9.47 Å². The summed E-state index contributed by atoms with van der Waals surface area (Å²) in [5, 5.41) is 2.10. The van der Waals surface area contributed by atoms with Crippen molar-refractivity contribution in [1.82, 2.24) is 4.90 Å². The van der Waals surface area contributed by atoms with E-state index in [1.54, 1.807) is 11.3 Å². The average molecular weight is 400 g/mol. The molecule has 1 aromatic carbocycles. The SMILES string of the molecule is CN(C)CCC=C1c2cc(OC(=O)CC(C)(C)C)ccc2OCc2ccsc21. The lowest BCUT2D eigenvalue weighted by atomic mass is 9.92. The number of nitrogens with zero attached hydrogens (tertiary/aromatic N) is 1. The van der Waals surface area contributed by atoms with Crippen LogP contribution in [0.5, 0.6) is 11.5 Å². The van der Waals surface area contributed by atoms with E-state index < -0.39 is 0 Å². The van der Waals surface area contributed by atoms with E-state index in [1.807, 2.05) is 39.0 Å². The highest BCUT2D eigenvalue weighted by atomic mass is 32.1. The lowest BCUT2D eigenvalue weighted by Crippen LogP contribution is -2.17. The molecular weight excluding hydrogens is 370 g/mol. The first-order valence-corrected chi connectivity index (χ1v) is 10.5. The summed E-state index contributed by atoms with van der Waals surface area (Å²) in [6, 6.07) is 7.78. The molecule has 0 N–H and O–H groups in total. The quantitative estimate of drug-likeness (QED) is 0.501. The molecule has 3 rings (SSSR count). The van der Waals surface area contributed by atoms with Crippen molar-refractivity contribution < 1.29 is 14.3 Å². The molecule has 1 aromatic heterocycles. The molecule has 150 valence electrons. The highest BCUT2D eigenvalue weighted by Gasteiger charge is 2.22. The zero-order valence-corrected chi connectivity index (χ0v) is 18.2. The molecule has 2 aromatic rings. The predicted molar refractivity (Wildman–Crippen MR) is 115 cm³/mol. The van der Waals surface area contributed by atoms with Gasteiger partial charge in [0.1, 0.15) is 18.1 Å². The fraction of sp³-hybridized carbons (Fsp3) is 0.435. The number of fused-ring (bicyclic) bond motifs is 2. The van der Waals surface area contributed by atoms with E-state index in [9.17, 15) is 4.79 Å². The Balaban J connectivity index is 1.93. The number of carbonyl (C=O) groups excluding carboxylic acids is 1. The van der Waals surface area contributed by atoms with Crippen LogP contribution in [0.2, 0.25) is 0 Å². The molecule has 0 spiro atoms. The number of carbonyl (C=O) groups is 1. The minimum Gasteiger partial charge on any atom is -0.488 e. The van der Waals surface area contributed by atoms with Crippen molar-refractivity contribution in [3.8, 4) is 11.5 Å². The summed E-state index contributed by atoms with van der Waals surface area (Å²) in [6.07, 6.45) is 3.58. The van der Waals surface area contributed by atoms with Crippen LogP contribution < -0.4 is 9.47 Å². The lowest BCUT2D eigenvalue weighted by molar-refractivity contribution is -0.136. The van der Waals surface area contributed by atoms with Gasteiger partial charge >= 0.3 is 5.97 Å². The van der Waals surface area contributed by atoms with Gasteiger partial charge in [0.2, 0.25) is 0 Å². The second-order valence-electron chi connectivity index (χ2n) is 8.64. The van der Waals surface area contributed by atoms with E-state index in [0.29, 0.717) is 18.8 Å². The molecule has 0 amide bonds. The summed E-state index contributed by atoms with van der Waals surface area (Å²) in [5.41, 5.74) is 3.24. The van der Waals surface area contributed by atoms with Crippen molar-refractivity contribution in [3.63, 3.8) is 0 Å². The van der Waals surface area contributed by atoms with Crippen LogP contribution in [0.3, 0.4) is 0 Å². The maximum absolute atomic E-state index is 12.3. The third-order valence-electron chi connectivity index (χ3n) is 4.45. The van der Waals surface area contributed by atoms with Gasteiger partial charge in [-0.3, -0.25) is 4.79 Å². The molecule has 0 aliphatic carbocycles. The van der Waals surface area contributed by atoms with E-state index in [0.717, 1.165) is 29.9 Å². The van der Waals surface area contributed by atoms with Gasteiger partial charge in [0.25, 0.3) is 0 Å². The number of hydrogen-bond acceptors (Lipinski definition) is 5. The maximum atomic E-state index is 12.3. The molecule has 0 fully saturated rings. The summed E-state index contributed by atoms with van der Waals surface area (Å²) in [4.78, 5) is 15.7. The number of ether oxygens (including phenoxy) is 2. The topological polar surface area (TPSA) is 38.8 Å². The molecule has 0 atom stereocenters. The Bertz CT molecular complexity index is 874. The summed E-state index contributed by atoms with van der Waals surface area (Å²) < 4.78 is 11.7. The predicted octanol–water partition coefficient (Wildman–Crippen LogP) is 5.37. The number of thiophene rings is 1. The van der Waals surface area contributed by atoms with Gasteiger partial charge < -0.3 is 14.4 Å². The van der Waals surface area contributed by atoms with E-state index in [1.165, 1.54) is 10.4 Å². The van der Waals surface area contributed by atoms with Gasteiger partial charge in [-0.05, 0) is 61.1 Å². The third kappa shape index (κ3) is 5.24. The van der Waals surface area contributed by atoms with Crippen molar-refractivity contribution in [1.29, 1.82) is 0 Å². The van der Waals surface area contributed by atoms with E-state index >= 15 is 0 Å². The fourth-order valence-corrected chi connectivity index (χ4v) is 4.11. The number of hydrogen-bond donors (Lipinski definition) is 0. The number of esters is 1. The van der Waals surface area contributed by atoms with Crippen LogP contribution in [-0.4, -0.2) is 31.5 Å². The number of rotatable bonds is 5. The van der Waals surface area contributed by atoms with Gasteiger partial charge in [-0.2, -0.15) is 0 Å². The second kappa shape index (κ2) is 8.50. The first-order chi connectivity index (χ1) is 13.2. The standard InChI is InChI=1S/C23H29NO3S/c1-23(2,3)14-21(25)27-17-8-9-20-19(13-17)18(7-6-11-24(4)5)22-16(15-26-20)10-12-28-22/h7-10,12-13H,6,11,14-15H2,1-5H3. The summed E-state index contributed by atoms with van der Waals surface area (Å²) in [7, 11) is 4.15. The van der Waals surface area contributed by atoms with Crippen molar-refractivity contribution in [2.45, 2.75) is 40.2 Å². The molecule has 28 heavy (non-hydrogen) atoms. The summed E-state index contributed by atoms with van der Waals surface area (Å²) in [6.45, 7) is 7.62. The van der Waals surface area contributed by atoms with Crippen molar-refractivity contribution in [3.05, 3.63) is 51.7 Å². The zero-order valence-electron chi connectivity index (χ0n) is 17.4. The van der Waals surface area contributed by atoms with E-state index in [2.05, 4.69) is 36.5 Å². The van der Waals surface area contributed by atoms with Gasteiger partial charge in [-0.25, -0.2) is 0 Å². The molecule has 0 saturated carbocycles. The Morgan fingerprint density at radius 1 is 1.29 bits per heavy atom. The number of benzene rings is 1. The molecule has 0 unspecified atom stereocenters. The molecule has 1 aliphatic rings. The van der Waals surface area contributed by atoms with Gasteiger partial charge in [-0.1, -0.05) is 26.8 Å². The van der Waals surface area contributed by atoms with Crippen LogP contribution in [0.15, 0.2) is 35.7 Å². The van der Waals surface area contributed by atoms with E-state index in [-0.39, 0.29) is 11.4 Å². The van der Waals surface area contributed by atoms with Crippen LogP contribution >= 0.6 is 11.3 Å². The largest absolute Gasteiger partial charge is 0.488 e. The first-order valence-electron chi connectivity index (χ1n) is 9.62. The molecular formula is C23H29NO3S. The van der Waals surface area contributed by atoms with Gasteiger partial charge in [0, 0.05) is 22.5 Å². The van der Waals surface area contributed by atoms with Crippen LogP contribution in [0.1, 0.15) is 49.6 Å². The van der Waals surface area contributed by atoms with Gasteiger partial charge in [0.15, 0.2) is 0 Å². The van der Waals surface area contributed by atoms with Gasteiger partial charge in [-0.15, -0.1) is 11.3 Å². The Labute approximate surface area is 171 Å². The Kier molecular flexibility index (Phi) is 6.26. The molecule has 1 aliphatic heterocycles.